The lowest BCUT2D eigenvalue weighted by atomic mass is 10.0. The van der Waals surface area contributed by atoms with E-state index in [0.717, 1.165) is 26.3 Å². The minimum absolute atomic E-state index is 0.522. The number of hydrogen-bond donors (Lipinski definition) is 1. The van der Waals surface area contributed by atoms with Crippen LogP contribution in [0.4, 0.5) is 0 Å². The third-order valence-corrected chi connectivity index (χ3v) is 2.67. The average molecular weight is 201 g/mol. The number of ether oxygens (including phenoxy) is 2. The zero-order valence-electron chi connectivity index (χ0n) is 9.42. The highest BCUT2D eigenvalue weighted by molar-refractivity contribution is 4.69. The van der Waals surface area contributed by atoms with Gasteiger partial charge in [0.05, 0.1) is 12.7 Å². The van der Waals surface area contributed by atoms with Crippen molar-refractivity contribution in [1.82, 2.24) is 5.32 Å². The molecule has 3 nitrogen and oxygen atoms in total. The average Bonchev–Trinajstić information content (AvgIpc) is 2.65. The topological polar surface area (TPSA) is 30.5 Å². The van der Waals surface area contributed by atoms with Gasteiger partial charge in [-0.3, -0.25) is 0 Å². The van der Waals surface area contributed by atoms with Crippen LogP contribution >= 0.6 is 0 Å². The van der Waals surface area contributed by atoms with Crippen molar-refractivity contribution in [1.29, 1.82) is 0 Å². The highest BCUT2D eigenvalue weighted by Crippen LogP contribution is 2.19. The molecule has 0 saturated carbocycles. The highest BCUT2D eigenvalue weighted by atomic mass is 16.5. The van der Waals surface area contributed by atoms with Crippen LogP contribution in [0.3, 0.4) is 0 Å². The van der Waals surface area contributed by atoms with Gasteiger partial charge < -0.3 is 14.8 Å². The number of hydrogen-bond acceptors (Lipinski definition) is 3. The summed E-state index contributed by atoms with van der Waals surface area (Å²) in [5.74, 6) is 0.704. The Morgan fingerprint density at radius 2 is 2.43 bits per heavy atom. The highest BCUT2D eigenvalue weighted by Gasteiger charge is 2.17. The molecule has 1 fully saturated rings. The second kappa shape index (κ2) is 7.21. The van der Waals surface area contributed by atoms with E-state index in [1.54, 1.807) is 7.11 Å². The summed E-state index contributed by atoms with van der Waals surface area (Å²) >= 11 is 0. The molecule has 84 valence electrons. The summed E-state index contributed by atoms with van der Waals surface area (Å²) in [6.07, 6.45) is 4.21. The van der Waals surface area contributed by atoms with Crippen LogP contribution in [0.1, 0.15) is 26.2 Å². The first-order valence-corrected chi connectivity index (χ1v) is 5.64. The predicted molar refractivity (Wildman–Crippen MR) is 57.5 cm³/mol. The van der Waals surface area contributed by atoms with Gasteiger partial charge in [0, 0.05) is 20.3 Å². The predicted octanol–water partition coefficient (Wildman–Crippen LogP) is 1.43. The lowest BCUT2D eigenvalue weighted by Crippen LogP contribution is -2.26. The van der Waals surface area contributed by atoms with Gasteiger partial charge in [0.25, 0.3) is 0 Å². The van der Waals surface area contributed by atoms with Crippen molar-refractivity contribution >= 4 is 0 Å². The summed E-state index contributed by atoms with van der Waals surface area (Å²) in [5.41, 5.74) is 0. The van der Waals surface area contributed by atoms with Crippen LogP contribution < -0.4 is 5.32 Å². The molecule has 2 atom stereocenters. The molecule has 1 aliphatic rings. The third kappa shape index (κ3) is 4.94. The fourth-order valence-corrected chi connectivity index (χ4v) is 1.89. The standard InChI is InChI=1S/C11H23NO2/c1-10(9-12-5-7-13-2)8-11-4-3-6-14-11/h10-12H,3-9H2,1-2H3. The minimum Gasteiger partial charge on any atom is -0.383 e. The van der Waals surface area contributed by atoms with Gasteiger partial charge in [-0.1, -0.05) is 6.92 Å². The van der Waals surface area contributed by atoms with E-state index in [-0.39, 0.29) is 0 Å². The SMILES string of the molecule is COCCNCC(C)CC1CCCO1. The molecule has 1 rings (SSSR count). The summed E-state index contributed by atoms with van der Waals surface area (Å²) in [6.45, 7) is 6.07. The van der Waals surface area contributed by atoms with E-state index < -0.39 is 0 Å². The van der Waals surface area contributed by atoms with Crippen LogP contribution in [-0.4, -0.2) is 39.5 Å². The van der Waals surface area contributed by atoms with Crippen LogP contribution in [0.25, 0.3) is 0 Å². The molecule has 1 heterocycles. The fraction of sp³-hybridized carbons (Fsp3) is 1.00. The van der Waals surface area contributed by atoms with E-state index in [1.165, 1.54) is 19.3 Å². The molecule has 3 heteroatoms. The maximum atomic E-state index is 5.60. The van der Waals surface area contributed by atoms with Crippen LogP contribution in [0.5, 0.6) is 0 Å². The van der Waals surface area contributed by atoms with E-state index in [1.807, 2.05) is 0 Å². The van der Waals surface area contributed by atoms with Crippen LogP contribution in [0.15, 0.2) is 0 Å². The molecular formula is C11H23NO2. The van der Waals surface area contributed by atoms with E-state index in [9.17, 15) is 0 Å². The van der Waals surface area contributed by atoms with Crippen molar-refractivity contribution in [3.05, 3.63) is 0 Å². The molecular weight excluding hydrogens is 178 g/mol. The summed E-state index contributed by atoms with van der Waals surface area (Å²) in [5, 5.41) is 3.38. The molecule has 1 aliphatic heterocycles. The molecule has 0 amide bonds. The van der Waals surface area contributed by atoms with Crippen molar-refractivity contribution < 1.29 is 9.47 Å². The second-order valence-electron chi connectivity index (χ2n) is 4.17. The van der Waals surface area contributed by atoms with E-state index in [4.69, 9.17) is 9.47 Å². The molecule has 0 aliphatic carbocycles. The van der Waals surface area contributed by atoms with Gasteiger partial charge in [-0.15, -0.1) is 0 Å². The number of nitrogens with one attached hydrogen (secondary N) is 1. The van der Waals surface area contributed by atoms with Gasteiger partial charge >= 0.3 is 0 Å². The molecule has 14 heavy (non-hydrogen) atoms. The quantitative estimate of drug-likeness (QED) is 0.632. The van der Waals surface area contributed by atoms with E-state index in [0.29, 0.717) is 12.0 Å². The molecule has 0 aromatic carbocycles. The Balaban J connectivity index is 1.95. The summed E-state index contributed by atoms with van der Waals surface area (Å²) in [7, 11) is 1.73. The Hall–Kier alpha value is -0.120. The molecule has 0 aromatic heterocycles. The third-order valence-electron chi connectivity index (χ3n) is 2.67. The van der Waals surface area contributed by atoms with Crippen molar-refractivity contribution in [2.45, 2.75) is 32.3 Å². The van der Waals surface area contributed by atoms with Gasteiger partial charge in [-0.2, -0.15) is 0 Å². The van der Waals surface area contributed by atoms with Crippen LogP contribution in [-0.2, 0) is 9.47 Å². The summed E-state index contributed by atoms with van der Waals surface area (Å²) in [6, 6.07) is 0. The van der Waals surface area contributed by atoms with Crippen molar-refractivity contribution in [2.75, 3.05) is 33.4 Å². The van der Waals surface area contributed by atoms with Crippen LogP contribution in [0.2, 0.25) is 0 Å². The number of methoxy groups -OCH3 is 1. The normalized spacial score (nSPS) is 24.0. The van der Waals surface area contributed by atoms with Crippen molar-refractivity contribution in [2.24, 2.45) is 5.92 Å². The van der Waals surface area contributed by atoms with Crippen molar-refractivity contribution in [3.63, 3.8) is 0 Å². The largest absolute Gasteiger partial charge is 0.383 e. The van der Waals surface area contributed by atoms with E-state index in [2.05, 4.69) is 12.2 Å². The lowest BCUT2D eigenvalue weighted by Gasteiger charge is -2.16. The smallest absolute Gasteiger partial charge is 0.0587 e. The maximum Gasteiger partial charge on any atom is 0.0587 e. The first-order chi connectivity index (χ1) is 6.83. The van der Waals surface area contributed by atoms with Crippen molar-refractivity contribution in [3.8, 4) is 0 Å². The maximum absolute atomic E-state index is 5.60. The Morgan fingerprint density at radius 3 is 3.07 bits per heavy atom. The Kier molecular flexibility index (Phi) is 6.15. The Bertz CT molecular complexity index is 135. The molecule has 1 saturated heterocycles. The summed E-state index contributed by atoms with van der Waals surface area (Å²) < 4.78 is 10.6. The molecule has 0 bridgehead atoms. The molecule has 0 radical (unpaired) electrons. The first-order valence-electron chi connectivity index (χ1n) is 5.64. The summed E-state index contributed by atoms with van der Waals surface area (Å²) in [4.78, 5) is 0. The van der Waals surface area contributed by atoms with Gasteiger partial charge in [-0.05, 0) is 31.7 Å². The fourth-order valence-electron chi connectivity index (χ4n) is 1.89. The van der Waals surface area contributed by atoms with Gasteiger partial charge in [0.15, 0.2) is 0 Å². The molecule has 0 aromatic rings. The first kappa shape index (κ1) is 12.0. The molecule has 2 unspecified atom stereocenters. The number of rotatable bonds is 7. The molecule has 0 spiro atoms. The monoisotopic (exact) mass is 201 g/mol. The molecule has 1 N–H and O–H groups in total. The van der Waals surface area contributed by atoms with E-state index >= 15 is 0 Å². The zero-order valence-corrected chi connectivity index (χ0v) is 9.42. The van der Waals surface area contributed by atoms with Gasteiger partial charge in [0.1, 0.15) is 0 Å². The minimum atomic E-state index is 0.522. The Morgan fingerprint density at radius 1 is 1.57 bits per heavy atom. The van der Waals surface area contributed by atoms with Crippen LogP contribution in [0, 0.1) is 5.92 Å². The zero-order chi connectivity index (χ0) is 10.2. The van der Waals surface area contributed by atoms with Gasteiger partial charge in [-0.25, -0.2) is 0 Å². The van der Waals surface area contributed by atoms with Gasteiger partial charge in [0.2, 0.25) is 0 Å². The lowest BCUT2D eigenvalue weighted by molar-refractivity contribution is 0.0913. The Labute approximate surface area is 87.2 Å². The second-order valence-corrected chi connectivity index (χ2v) is 4.17.